The van der Waals surface area contributed by atoms with E-state index >= 15 is 0 Å². The molecule has 0 saturated heterocycles. The van der Waals surface area contributed by atoms with Crippen molar-refractivity contribution >= 4 is 22.6 Å². The molecule has 3 rings (SSSR count). The number of para-hydroxylation sites is 1. The second-order valence-corrected chi connectivity index (χ2v) is 5.35. The Labute approximate surface area is 149 Å². The molecule has 0 bridgehead atoms. The first kappa shape index (κ1) is 17.3. The maximum Gasteiger partial charge on any atom is 0.349 e. The molecule has 7 nitrogen and oxygen atoms in total. The third-order valence-electron chi connectivity index (χ3n) is 3.81. The van der Waals surface area contributed by atoms with Crippen molar-refractivity contribution in [1.29, 1.82) is 0 Å². The van der Waals surface area contributed by atoms with E-state index < -0.39 is 11.5 Å². The van der Waals surface area contributed by atoms with E-state index in [1.165, 1.54) is 27.4 Å². The van der Waals surface area contributed by atoms with E-state index in [1.807, 2.05) is 0 Å². The van der Waals surface area contributed by atoms with Gasteiger partial charge in [-0.25, -0.2) is 4.79 Å². The first-order chi connectivity index (χ1) is 12.6. The smallest absolute Gasteiger partial charge is 0.349 e. The van der Waals surface area contributed by atoms with Gasteiger partial charge in [-0.3, -0.25) is 4.79 Å². The number of hydrogen-bond donors (Lipinski definition) is 1. The summed E-state index contributed by atoms with van der Waals surface area (Å²) >= 11 is 0. The molecule has 0 spiro atoms. The van der Waals surface area contributed by atoms with E-state index in [0.29, 0.717) is 33.9 Å². The molecule has 2 aromatic carbocycles. The fourth-order valence-corrected chi connectivity index (χ4v) is 2.57. The molecule has 26 heavy (non-hydrogen) atoms. The Bertz CT molecular complexity index is 999. The predicted octanol–water partition coefficient (Wildman–Crippen LogP) is 3.07. The van der Waals surface area contributed by atoms with Gasteiger partial charge in [0.15, 0.2) is 11.5 Å². The molecule has 0 unspecified atom stereocenters. The van der Waals surface area contributed by atoms with Gasteiger partial charge in [0.1, 0.15) is 11.1 Å². The Kier molecular flexibility index (Phi) is 4.79. The molecule has 1 heterocycles. The first-order valence-electron chi connectivity index (χ1n) is 7.71. The average Bonchev–Trinajstić information content (AvgIpc) is 2.66. The Morgan fingerprint density at radius 2 is 1.62 bits per heavy atom. The number of rotatable bonds is 5. The Hall–Kier alpha value is -3.48. The predicted molar refractivity (Wildman–Crippen MR) is 96.5 cm³/mol. The Balaban J connectivity index is 1.98. The largest absolute Gasteiger partial charge is 0.493 e. The minimum Gasteiger partial charge on any atom is -0.493 e. The number of methoxy groups -OCH3 is 3. The van der Waals surface area contributed by atoms with Crippen molar-refractivity contribution in [1.82, 2.24) is 0 Å². The average molecular weight is 355 g/mol. The summed E-state index contributed by atoms with van der Waals surface area (Å²) in [4.78, 5) is 24.7. The van der Waals surface area contributed by atoms with Crippen LogP contribution in [0.5, 0.6) is 17.2 Å². The van der Waals surface area contributed by atoms with E-state index in [2.05, 4.69) is 5.32 Å². The molecule has 0 saturated carbocycles. The minimum atomic E-state index is -0.714. The highest BCUT2D eigenvalue weighted by Gasteiger charge is 2.17. The first-order valence-corrected chi connectivity index (χ1v) is 7.71. The third-order valence-corrected chi connectivity index (χ3v) is 3.81. The molecule has 0 atom stereocenters. The van der Waals surface area contributed by atoms with E-state index in [1.54, 1.807) is 36.4 Å². The summed E-state index contributed by atoms with van der Waals surface area (Å²) in [7, 11) is 4.43. The molecular formula is C19H17NO6. The minimum absolute atomic E-state index is 0.0996. The quantitative estimate of drug-likeness (QED) is 0.708. The third kappa shape index (κ3) is 3.19. The molecule has 0 radical (unpaired) electrons. The normalized spacial score (nSPS) is 10.4. The van der Waals surface area contributed by atoms with Crippen molar-refractivity contribution in [2.24, 2.45) is 0 Å². The number of nitrogens with one attached hydrogen (secondary N) is 1. The monoisotopic (exact) mass is 355 g/mol. The van der Waals surface area contributed by atoms with Gasteiger partial charge in [-0.05, 0) is 12.1 Å². The number of carbonyl (C=O) groups excluding carboxylic acids is 1. The highest BCUT2D eigenvalue weighted by Crippen LogP contribution is 2.40. The van der Waals surface area contributed by atoms with Crippen LogP contribution in [-0.2, 0) is 0 Å². The molecule has 1 amide bonds. The van der Waals surface area contributed by atoms with Gasteiger partial charge in [-0.15, -0.1) is 0 Å². The summed E-state index contributed by atoms with van der Waals surface area (Å²) in [6.45, 7) is 0. The van der Waals surface area contributed by atoms with Crippen LogP contribution in [0.4, 0.5) is 5.69 Å². The number of benzene rings is 2. The van der Waals surface area contributed by atoms with Crippen LogP contribution in [0, 0.1) is 0 Å². The molecule has 1 N–H and O–H groups in total. The van der Waals surface area contributed by atoms with Crippen LogP contribution in [0.2, 0.25) is 0 Å². The number of fused-ring (bicyclic) bond motifs is 1. The lowest BCUT2D eigenvalue weighted by Crippen LogP contribution is -2.20. The van der Waals surface area contributed by atoms with E-state index in [0.717, 1.165) is 0 Å². The fourth-order valence-electron chi connectivity index (χ4n) is 2.57. The maximum absolute atomic E-state index is 12.5. The number of hydrogen-bond acceptors (Lipinski definition) is 6. The van der Waals surface area contributed by atoms with Crippen LogP contribution in [0.25, 0.3) is 11.0 Å². The zero-order valence-corrected chi connectivity index (χ0v) is 14.5. The van der Waals surface area contributed by atoms with Crippen LogP contribution < -0.4 is 25.2 Å². The molecular weight excluding hydrogens is 338 g/mol. The van der Waals surface area contributed by atoms with Crippen LogP contribution in [0.15, 0.2) is 51.7 Å². The summed E-state index contributed by atoms with van der Waals surface area (Å²) in [5.41, 5.74) is -0.00927. The maximum atomic E-state index is 12.5. The van der Waals surface area contributed by atoms with E-state index in [-0.39, 0.29) is 5.56 Å². The Morgan fingerprint density at radius 1 is 0.962 bits per heavy atom. The van der Waals surface area contributed by atoms with Gasteiger partial charge in [0, 0.05) is 23.2 Å². The molecule has 3 aromatic rings. The number of amides is 1. The molecule has 134 valence electrons. The van der Waals surface area contributed by atoms with E-state index in [4.69, 9.17) is 18.6 Å². The summed E-state index contributed by atoms with van der Waals surface area (Å²) in [6, 6.07) is 11.6. The van der Waals surface area contributed by atoms with Gasteiger partial charge in [0.05, 0.1) is 21.3 Å². The van der Waals surface area contributed by atoms with Crippen molar-refractivity contribution in [2.75, 3.05) is 26.6 Å². The highest BCUT2D eigenvalue weighted by atomic mass is 16.5. The van der Waals surface area contributed by atoms with Crippen molar-refractivity contribution in [3.05, 3.63) is 58.4 Å². The lowest BCUT2D eigenvalue weighted by Gasteiger charge is -2.14. The van der Waals surface area contributed by atoms with Gasteiger partial charge < -0.3 is 23.9 Å². The second kappa shape index (κ2) is 7.18. The topological polar surface area (TPSA) is 87.0 Å². The molecule has 7 heteroatoms. The number of anilines is 1. The molecule has 0 fully saturated rings. The molecule has 0 aliphatic rings. The second-order valence-electron chi connectivity index (χ2n) is 5.35. The van der Waals surface area contributed by atoms with Crippen molar-refractivity contribution in [3.8, 4) is 17.2 Å². The van der Waals surface area contributed by atoms with Gasteiger partial charge in [0.25, 0.3) is 5.91 Å². The van der Waals surface area contributed by atoms with Crippen molar-refractivity contribution in [2.45, 2.75) is 0 Å². The van der Waals surface area contributed by atoms with Crippen LogP contribution in [0.1, 0.15) is 10.4 Å². The SMILES string of the molecule is COc1cc(NC(=O)c2cc3ccccc3oc2=O)cc(OC)c1OC. The standard InChI is InChI=1S/C19H17NO6/c1-23-15-9-12(10-16(24-2)17(15)25-3)20-18(21)13-8-11-6-4-5-7-14(11)26-19(13)22/h4-10H,1-3H3,(H,20,21). The highest BCUT2D eigenvalue weighted by molar-refractivity contribution is 6.05. The lowest BCUT2D eigenvalue weighted by molar-refractivity contribution is 0.102. The number of ether oxygens (including phenoxy) is 3. The summed E-state index contributed by atoms with van der Waals surface area (Å²) in [6.07, 6.45) is 0. The fraction of sp³-hybridized carbons (Fsp3) is 0.158. The van der Waals surface area contributed by atoms with Gasteiger partial charge in [0.2, 0.25) is 5.75 Å². The zero-order valence-electron chi connectivity index (χ0n) is 14.5. The number of carbonyl (C=O) groups is 1. The molecule has 0 aliphatic heterocycles. The van der Waals surface area contributed by atoms with Crippen LogP contribution in [0.3, 0.4) is 0 Å². The Morgan fingerprint density at radius 3 is 2.23 bits per heavy atom. The van der Waals surface area contributed by atoms with Crippen LogP contribution in [-0.4, -0.2) is 27.2 Å². The molecule has 0 aliphatic carbocycles. The van der Waals surface area contributed by atoms with Gasteiger partial charge >= 0.3 is 5.63 Å². The molecule has 1 aromatic heterocycles. The summed E-state index contributed by atoms with van der Waals surface area (Å²) < 4.78 is 20.9. The van der Waals surface area contributed by atoms with Crippen molar-refractivity contribution in [3.63, 3.8) is 0 Å². The lowest BCUT2D eigenvalue weighted by atomic mass is 10.1. The summed E-state index contributed by atoms with van der Waals surface area (Å²) in [5.74, 6) is 0.567. The van der Waals surface area contributed by atoms with Gasteiger partial charge in [-0.1, -0.05) is 18.2 Å². The van der Waals surface area contributed by atoms with Crippen LogP contribution >= 0.6 is 0 Å². The van der Waals surface area contributed by atoms with Gasteiger partial charge in [-0.2, -0.15) is 0 Å². The van der Waals surface area contributed by atoms with E-state index in [9.17, 15) is 9.59 Å². The zero-order chi connectivity index (χ0) is 18.7. The summed E-state index contributed by atoms with van der Waals surface area (Å²) in [5, 5.41) is 3.30. The van der Waals surface area contributed by atoms with Crippen molar-refractivity contribution < 1.29 is 23.4 Å².